The number of imidazole rings is 1. The standard InChI is InChI=1S/C15H19N3O/c1-4-7-16-15(19)9-12-5-6-14-13(8-12)17-10-18(14)11(2)3/h4-6,8,10-11H,1,7,9H2,2-3H3,(H,16,19). The van der Waals surface area contributed by atoms with Crippen molar-refractivity contribution < 1.29 is 4.79 Å². The number of nitrogens with zero attached hydrogens (tertiary/aromatic N) is 2. The second kappa shape index (κ2) is 5.69. The van der Waals surface area contributed by atoms with Crippen molar-refractivity contribution in [2.24, 2.45) is 0 Å². The second-order valence-corrected chi connectivity index (χ2v) is 4.84. The molecule has 1 amide bonds. The van der Waals surface area contributed by atoms with Crippen LogP contribution in [0.2, 0.25) is 0 Å². The molecule has 4 heteroatoms. The van der Waals surface area contributed by atoms with Gasteiger partial charge >= 0.3 is 0 Å². The minimum absolute atomic E-state index is 0.00235. The van der Waals surface area contributed by atoms with E-state index < -0.39 is 0 Å². The first-order chi connectivity index (χ1) is 9.11. The summed E-state index contributed by atoms with van der Waals surface area (Å²) in [5, 5.41) is 2.77. The van der Waals surface area contributed by atoms with E-state index in [1.54, 1.807) is 6.08 Å². The summed E-state index contributed by atoms with van der Waals surface area (Å²) in [4.78, 5) is 16.0. The summed E-state index contributed by atoms with van der Waals surface area (Å²) in [6.45, 7) is 8.32. The van der Waals surface area contributed by atoms with Crippen LogP contribution in [0.25, 0.3) is 11.0 Å². The van der Waals surface area contributed by atoms with E-state index >= 15 is 0 Å². The van der Waals surface area contributed by atoms with Gasteiger partial charge in [0.05, 0.1) is 23.8 Å². The summed E-state index contributed by atoms with van der Waals surface area (Å²) in [7, 11) is 0. The summed E-state index contributed by atoms with van der Waals surface area (Å²) in [6, 6.07) is 6.36. The number of nitrogens with one attached hydrogen (secondary N) is 1. The molecule has 0 bridgehead atoms. The molecule has 0 aliphatic heterocycles. The van der Waals surface area contributed by atoms with Crippen LogP contribution in [0.3, 0.4) is 0 Å². The van der Waals surface area contributed by atoms with Gasteiger partial charge in [-0.25, -0.2) is 4.98 Å². The fraction of sp³-hybridized carbons (Fsp3) is 0.333. The molecule has 1 heterocycles. The molecule has 1 aromatic carbocycles. The van der Waals surface area contributed by atoms with Gasteiger partial charge < -0.3 is 9.88 Å². The number of carbonyl (C=O) groups is 1. The lowest BCUT2D eigenvalue weighted by Gasteiger charge is -2.08. The summed E-state index contributed by atoms with van der Waals surface area (Å²) in [6.07, 6.45) is 3.89. The number of carbonyl (C=O) groups excluding carboxylic acids is 1. The average molecular weight is 257 g/mol. The van der Waals surface area contributed by atoms with E-state index in [0.29, 0.717) is 19.0 Å². The van der Waals surface area contributed by atoms with Gasteiger partial charge in [-0.15, -0.1) is 6.58 Å². The fourth-order valence-electron chi connectivity index (χ4n) is 2.03. The van der Waals surface area contributed by atoms with Crippen LogP contribution in [0.15, 0.2) is 37.2 Å². The minimum atomic E-state index is 0.00235. The van der Waals surface area contributed by atoms with Crippen LogP contribution in [0.5, 0.6) is 0 Å². The maximum Gasteiger partial charge on any atom is 0.224 e. The zero-order chi connectivity index (χ0) is 13.8. The number of hydrogen-bond acceptors (Lipinski definition) is 2. The van der Waals surface area contributed by atoms with Crippen molar-refractivity contribution in [1.29, 1.82) is 0 Å². The Morgan fingerprint density at radius 2 is 2.32 bits per heavy atom. The first kappa shape index (κ1) is 13.3. The molecule has 0 atom stereocenters. The van der Waals surface area contributed by atoms with E-state index in [1.807, 2.05) is 24.5 Å². The number of rotatable bonds is 5. The van der Waals surface area contributed by atoms with Crippen LogP contribution in [0.4, 0.5) is 0 Å². The fourth-order valence-corrected chi connectivity index (χ4v) is 2.03. The second-order valence-electron chi connectivity index (χ2n) is 4.84. The van der Waals surface area contributed by atoms with Gasteiger partial charge in [-0.05, 0) is 31.5 Å². The molecule has 1 aromatic heterocycles. The maximum atomic E-state index is 11.6. The first-order valence-electron chi connectivity index (χ1n) is 6.45. The van der Waals surface area contributed by atoms with Gasteiger partial charge in [-0.2, -0.15) is 0 Å². The largest absolute Gasteiger partial charge is 0.352 e. The van der Waals surface area contributed by atoms with Crippen molar-refractivity contribution in [3.8, 4) is 0 Å². The van der Waals surface area contributed by atoms with E-state index in [9.17, 15) is 4.79 Å². The van der Waals surface area contributed by atoms with E-state index in [-0.39, 0.29) is 5.91 Å². The van der Waals surface area contributed by atoms with Crippen molar-refractivity contribution in [3.05, 3.63) is 42.7 Å². The summed E-state index contributed by atoms with van der Waals surface area (Å²) in [5.74, 6) is 0.00235. The average Bonchev–Trinajstić information content (AvgIpc) is 2.79. The molecule has 19 heavy (non-hydrogen) atoms. The summed E-state index contributed by atoms with van der Waals surface area (Å²) in [5.41, 5.74) is 3.01. The Hall–Kier alpha value is -2.10. The molecular weight excluding hydrogens is 238 g/mol. The first-order valence-corrected chi connectivity index (χ1v) is 6.45. The SMILES string of the molecule is C=CCNC(=O)Cc1ccc2c(c1)ncn2C(C)C. The van der Waals surface area contributed by atoms with Crippen molar-refractivity contribution in [1.82, 2.24) is 14.9 Å². The molecule has 0 aliphatic carbocycles. The molecule has 0 unspecified atom stereocenters. The molecule has 2 rings (SSSR count). The van der Waals surface area contributed by atoms with Crippen LogP contribution < -0.4 is 5.32 Å². The number of aromatic nitrogens is 2. The normalized spacial score (nSPS) is 10.9. The number of benzene rings is 1. The van der Waals surface area contributed by atoms with Gasteiger partial charge in [0.2, 0.25) is 5.91 Å². The van der Waals surface area contributed by atoms with E-state index in [0.717, 1.165) is 16.6 Å². The highest BCUT2D eigenvalue weighted by Gasteiger charge is 2.08. The van der Waals surface area contributed by atoms with Crippen LogP contribution in [-0.4, -0.2) is 22.0 Å². The zero-order valence-corrected chi connectivity index (χ0v) is 11.4. The Kier molecular flexibility index (Phi) is 4.00. The predicted octanol–water partition coefficient (Wildman–Crippen LogP) is 2.46. The molecule has 0 spiro atoms. The van der Waals surface area contributed by atoms with Gasteiger partial charge in [0.25, 0.3) is 0 Å². The Morgan fingerprint density at radius 1 is 1.53 bits per heavy atom. The molecule has 0 saturated heterocycles. The van der Waals surface area contributed by atoms with Gasteiger partial charge in [-0.3, -0.25) is 4.79 Å². The molecule has 100 valence electrons. The third-order valence-electron chi connectivity index (χ3n) is 3.00. The number of amides is 1. The van der Waals surface area contributed by atoms with Crippen molar-refractivity contribution >= 4 is 16.9 Å². The minimum Gasteiger partial charge on any atom is -0.352 e. The van der Waals surface area contributed by atoms with Crippen molar-refractivity contribution in [2.75, 3.05) is 6.54 Å². The highest BCUT2D eigenvalue weighted by atomic mass is 16.1. The number of hydrogen-bond donors (Lipinski definition) is 1. The molecule has 1 N–H and O–H groups in total. The lowest BCUT2D eigenvalue weighted by Crippen LogP contribution is -2.24. The van der Waals surface area contributed by atoms with E-state index in [4.69, 9.17) is 0 Å². The van der Waals surface area contributed by atoms with Gasteiger partial charge in [0.1, 0.15) is 0 Å². The smallest absolute Gasteiger partial charge is 0.224 e. The Labute approximate surface area is 113 Å². The van der Waals surface area contributed by atoms with Crippen LogP contribution in [-0.2, 0) is 11.2 Å². The van der Waals surface area contributed by atoms with Crippen LogP contribution >= 0.6 is 0 Å². The third-order valence-corrected chi connectivity index (χ3v) is 3.00. The van der Waals surface area contributed by atoms with Gasteiger partial charge in [0, 0.05) is 12.6 Å². The van der Waals surface area contributed by atoms with E-state index in [2.05, 4.69) is 35.3 Å². The Bertz CT molecular complexity index is 598. The van der Waals surface area contributed by atoms with Gasteiger partial charge in [0.15, 0.2) is 0 Å². The highest BCUT2D eigenvalue weighted by molar-refractivity contribution is 5.81. The summed E-state index contributed by atoms with van der Waals surface area (Å²) < 4.78 is 2.12. The molecule has 2 aromatic rings. The number of fused-ring (bicyclic) bond motifs is 1. The quantitative estimate of drug-likeness (QED) is 0.836. The maximum absolute atomic E-state index is 11.6. The Balaban J connectivity index is 2.18. The molecule has 0 radical (unpaired) electrons. The molecule has 0 fully saturated rings. The topological polar surface area (TPSA) is 46.9 Å². The Morgan fingerprint density at radius 3 is 3.00 bits per heavy atom. The monoisotopic (exact) mass is 257 g/mol. The van der Waals surface area contributed by atoms with Crippen molar-refractivity contribution in [2.45, 2.75) is 26.3 Å². The third kappa shape index (κ3) is 3.02. The predicted molar refractivity (Wildman–Crippen MR) is 77.0 cm³/mol. The molecule has 0 saturated carbocycles. The van der Waals surface area contributed by atoms with E-state index in [1.165, 1.54) is 0 Å². The lowest BCUT2D eigenvalue weighted by atomic mass is 10.1. The molecule has 0 aliphatic rings. The van der Waals surface area contributed by atoms with Crippen molar-refractivity contribution in [3.63, 3.8) is 0 Å². The van der Waals surface area contributed by atoms with Gasteiger partial charge in [-0.1, -0.05) is 12.1 Å². The van der Waals surface area contributed by atoms with Crippen LogP contribution in [0, 0.1) is 0 Å². The zero-order valence-electron chi connectivity index (χ0n) is 11.4. The summed E-state index contributed by atoms with van der Waals surface area (Å²) >= 11 is 0. The van der Waals surface area contributed by atoms with Crippen LogP contribution in [0.1, 0.15) is 25.5 Å². The highest BCUT2D eigenvalue weighted by Crippen LogP contribution is 2.18. The lowest BCUT2D eigenvalue weighted by molar-refractivity contribution is -0.120. The molecular formula is C15H19N3O. The molecule has 4 nitrogen and oxygen atoms in total.